The lowest BCUT2D eigenvalue weighted by Gasteiger charge is -2.06. The summed E-state index contributed by atoms with van der Waals surface area (Å²) in [6.45, 7) is 0. The summed E-state index contributed by atoms with van der Waals surface area (Å²) in [5.74, 6) is -0.491. The Balaban J connectivity index is 2.24. The van der Waals surface area contributed by atoms with Crippen molar-refractivity contribution >= 4 is 23.2 Å². The van der Waals surface area contributed by atoms with Crippen LogP contribution in [0.4, 0.5) is 5.69 Å². The molecule has 0 unspecified atom stereocenters. The maximum absolute atomic E-state index is 11.0. The first-order valence-electron chi connectivity index (χ1n) is 4.52. The molecule has 2 rings (SSSR count). The number of primary amides is 1. The highest BCUT2D eigenvalue weighted by atomic mass is 35.5. The van der Waals surface area contributed by atoms with Crippen molar-refractivity contribution in [2.45, 2.75) is 18.9 Å². The highest BCUT2D eigenvalue weighted by Gasteiger charge is 2.21. The van der Waals surface area contributed by atoms with Crippen LogP contribution in [-0.2, 0) is 0 Å². The second kappa shape index (κ2) is 3.50. The molecule has 1 aromatic carbocycles. The molecule has 3 N–H and O–H groups in total. The fourth-order valence-electron chi connectivity index (χ4n) is 1.27. The number of anilines is 1. The molecule has 14 heavy (non-hydrogen) atoms. The molecule has 1 aliphatic rings. The van der Waals surface area contributed by atoms with Gasteiger partial charge >= 0.3 is 0 Å². The second-order valence-electron chi connectivity index (χ2n) is 3.48. The third-order valence-corrected chi connectivity index (χ3v) is 2.51. The zero-order valence-corrected chi connectivity index (χ0v) is 8.34. The van der Waals surface area contributed by atoms with E-state index in [0.717, 1.165) is 5.69 Å². The Hall–Kier alpha value is -1.22. The lowest BCUT2D eigenvalue weighted by molar-refractivity contribution is 0.100. The summed E-state index contributed by atoms with van der Waals surface area (Å²) in [6, 6.07) is 5.79. The lowest BCUT2D eigenvalue weighted by atomic mass is 10.2. The summed E-state index contributed by atoms with van der Waals surface area (Å²) in [5.41, 5.74) is 6.46. The Bertz CT molecular complexity index is 374. The van der Waals surface area contributed by atoms with E-state index in [4.69, 9.17) is 17.3 Å². The number of halogens is 1. The maximum atomic E-state index is 11.0. The predicted octanol–water partition coefficient (Wildman–Crippen LogP) is 2.01. The van der Waals surface area contributed by atoms with Gasteiger partial charge in [-0.25, -0.2) is 0 Å². The molecule has 1 fully saturated rings. The summed E-state index contributed by atoms with van der Waals surface area (Å²) < 4.78 is 0. The Morgan fingerprint density at radius 1 is 1.50 bits per heavy atom. The molecular weight excluding hydrogens is 200 g/mol. The summed E-state index contributed by atoms with van der Waals surface area (Å²) in [4.78, 5) is 11.0. The zero-order chi connectivity index (χ0) is 10.1. The van der Waals surface area contributed by atoms with Gasteiger partial charge in [0.2, 0.25) is 5.91 Å². The minimum Gasteiger partial charge on any atom is -0.382 e. The Kier molecular flexibility index (Phi) is 2.33. The number of nitrogens with two attached hydrogens (primary N) is 1. The third kappa shape index (κ3) is 1.99. The molecule has 0 aromatic heterocycles. The van der Waals surface area contributed by atoms with Crippen LogP contribution in [0.25, 0.3) is 0 Å². The molecule has 3 nitrogen and oxygen atoms in total. The largest absolute Gasteiger partial charge is 0.382 e. The van der Waals surface area contributed by atoms with Crippen LogP contribution in [0.15, 0.2) is 18.2 Å². The van der Waals surface area contributed by atoms with Crippen molar-refractivity contribution in [3.63, 3.8) is 0 Å². The van der Waals surface area contributed by atoms with Gasteiger partial charge in [0.15, 0.2) is 0 Å². The monoisotopic (exact) mass is 210 g/mol. The smallest absolute Gasteiger partial charge is 0.250 e. The average molecular weight is 211 g/mol. The predicted molar refractivity (Wildman–Crippen MR) is 56.6 cm³/mol. The summed E-state index contributed by atoms with van der Waals surface area (Å²) in [7, 11) is 0. The van der Waals surface area contributed by atoms with Crippen LogP contribution in [0.5, 0.6) is 0 Å². The van der Waals surface area contributed by atoms with Gasteiger partial charge in [-0.15, -0.1) is 0 Å². The molecule has 0 saturated heterocycles. The van der Waals surface area contributed by atoms with Crippen molar-refractivity contribution in [1.29, 1.82) is 0 Å². The molecule has 74 valence electrons. The molecule has 1 aliphatic carbocycles. The first-order valence-corrected chi connectivity index (χ1v) is 4.90. The van der Waals surface area contributed by atoms with Gasteiger partial charge in [-0.3, -0.25) is 4.79 Å². The molecule has 0 aliphatic heterocycles. The quantitative estimate of drug-likeness (QED) is 0.802. The van der Waals surface area contributed by atoms with Crippen molar-refractivity contribution in [2.24, 2.45) is 5.73 Å². The van der Waals surface area contributed by atoms with Gasteiger partial charge in [0.1, 0.15) is 0 Å². The SMILES string of the molecule is NC(=O)c1cc(NC2CC2)ccc1Cl. The highest BCUT2D eigenvalue weighted by Crippen LogP contribution is 2.27. The Morgan fingerprint density at radius 2 is 2.21 bits per heavy atom. The summed E-state index contributed by atoms with van der Waals surface area (Å²) >= 11 is 5.81. The molecule has 0 radical (unpaired) electrons. The van der Waals surface area contributed by atoms with E-state index in [1.54, 1.807) is 12.1 Å². The summed E-state index contributed by atoms with van der Waals surface area (Å²) in [5, 5.41) is 3.67. The fourth-order valence-corrected chi connectivity index (χ4v) is 1.48. The van der Waals surface area contributed by atoms with Crippen LogP contribution in [0.2, 0.25) is 5.02 Å². The van der Waals surface area contributed by atoms with E-state index < -0.39 is 5.91 Å². The molecule has 1 saturated carbocycles. The van der Waals surface area contributed by atoms with E-state index in [0.29, 0.717) is 16.6 Å². The van der Waals surface area contributed by atoms with Gasteiger partial charge < -0.3 is 11.1 Å². The van der Waals surface area contributed by atoms with E-state index in [1.807, 2.05) is 6.07 Å². The van der Waals surface area contributed by atoms with Crippen molar-refractivity contribution in [3.05, 3.63) is 28.8 Å². The van der Waals surface area contributed by atoms with E-state index >= 15 is 0 Å². The topological polar surface area (TPSA) is 55.1 Å². The molecule has 0 heterocycles. The minimum atomic E-state index is -0.491. The molecule has 0 bridgehead atoms. The Labute approximate surface area is 87.2 Å². The standard InChI is InChI=1S/C10H11ClN2O/c11-9-4-3-7(13-6-1-2-6)5-8(9)10(12)14/h3-6,13H,1-2H2,(H2,12,14). The van der Waals surface area contributed by atoms with Gasteiger partial charge in [0.05, 0.1) is 10.6 Å². The van der Waals surface area contributed by atoms with Crippen LogP contribution < -0.4 is 11.1 Å². The van der Waals surface area contributed by atoms with Crippen molar-refractivity contribution in [2.75, 3.05) is 5.32 Å². The van der Waals surface area contributed by atoms with Crippen LogP contribution in [0.3, 0.4) is 0 Å². The normalized spacial score (nSPS) is 15.2. The van der Waals surface area contributed by atoms with Crippen molar-refractivity contribution in [3.8, 4) is 0 Å². The number of rotatable bonds is 3. The molecule has 1 amide bonds. The van der Waals surface area contributed by atoms with Gasteiger partial charge in [0, 0.05) is 11.7 Å². The first kappa shape index (κ1) is 9.34. The van der Waals surface area contributed by atoms with E-state index in [-0.39, 0.29) is 0 Å². The van der Waals surface area contributed by atoms with Gasteiger partial charge in [0.25, 0.3) is 0 Å². The molecule has 1 aromatic rings. The molecule has 4 heteroatoms. The number of benzene rings is 1. The maximum Gasteiger partial charge on any atom is 0.250 e. The van der Waals surface area contributed by atoms with Gasteiger partial charge in [-0.05, 0) is 31.0 Å². The van der Waals surface area contributed by atoms with Crippen LogP contribution >= 0.6 is 11.6 Å². The first-order chi connectivity index (χ1) is 6.66. The third-order valence-electron chi connectivity index (χ3n) is 2.18. The van der Waals surface area contributed by atoms with Gasteiger partial charge in [-0.2, -0.15) is 0 Å². The number of amides is 1. The second-order valence-corrected chi connectivity index (χ2v) is 3.88. The van der Waals surface area contributed by atoms with Crippen LogP contribution in [-0.4, -0.2) is 11.9 Å². The average Bonchev–Trinajstić information content (AvgIpc) is 2.92. The molecule has 0 atom stereocenters. The van der Waals surface area contributed by atoms with E-state index in [1.165, 1.54) is 12.8 Å². The number of nitrogens with one attached hydrogen (secondary N) is 1. The number of carbonyl (C=O) groups excluding carboxylic acids is 1. The van der Waals surface area contributed by atoms with E-state index in [9.17, 15) is 4.79 Å². The van der Waals surface area contributed by atoms with E-state index in [2.05, 4.69) is 5.32 Å². The summed E-state index contributed by atoms with van der Waals surface area (Å²) in [6.07, 6.45) is 2.38. The fraction of sp³-hybridized carbons (Fsp3) is 0.300. The minimum absolute atomic E-state index is 0.373. The van der Waals surface area contributed by atoms with Crippen molar-refractivity contribution < 1.29 is 4.79 Å². The molecule has 0 spiro atoms. The number of carbonyl (C=O) groups is 1. The highest BCUT2D eigenvalue weighted by molar-refractivity contribution is 6.33. The van der Waals surface area contributed by atoms with Crippen LogP contribution in [0.1, 0.15) is 23.2 Å². The van der Waals surface area contributed by atoms with Gasteiger partial charge in [-0.1, -0.05) is 11.6 Å². The number of hydrogen-bond acceptors (Lipinski definition) is 2. The number of hydrogen-bond donors (Lipinski definition) is 2. The van der Waals surface area contributed by atoms with Crippen molar-refractivity contribution in [1.82, 2.24) is 0 Å². The Morgan fingerprint density at radius 3 is 2.79 bits per heavy atom. The van der Waals surface area contributed by atoms with Crippen LogP contribution in [0, 0.1) is 0 Å². The lowest BCUT2D eigenvalue weighted by Crippen LogP contribution is -2.12. The molecular formula is C10H11ClN2O. The zero-order valence-electron chi connectivity index (χ0n) is 7.59.